The zero-order valence-corrected chi connectivity index (χ0v) is 17.4. The molecule has 0 radical (unpaired) electrons. The molecule has 28 heavy (non-hydrogen) atoms. The first kappa shape index (κ1) is 19.9. The summed E-state index contributed by atoms with van der Waals surface area (Å²) >= 11 is 0. The lowest BCUT2D eigenvalue weighted by atomic mass is 9.90. The van der Waals surface area contributed by atoms with Gasteiger partial charge in [0.2, 0.25) is 0 Å². The number of likely N-dealkylation sites (tertiary alicyclic amines) is 1. The second kappa shape index (κ2) is 8.44. The van der Waals surface area contributed by atoms with Crippen molar-refractivity contribution in [1.82, 2.24) is 14.7 Å². The molecule has 2 aromatic carbocycles. The van der Waals surface area contributed by atoms with E-state index in [1.54, 1.807) is 0 Å². The molecule has 4 heteroatoms. The molecule has 0 spiro atoms. The van der Waals surface area contributed by atoms with Gasteiger partial charge in [-0.2, -0.15) is 0 Å². The minimum atomic E-state index is 0.137. The van der Waals surface area contributed by atoms with Gasteiger partial charge in [0.15, 0.2) is 5.78 Å². The van der Waals surface area contributed by atoms with Crippen LogP contribution in [0.3, 0.4) is 0 Å². The van der Waals surface area contributed by atoms with Gasteiger partial charge in [0.25, 0.3) is 0 Å². The molecule has 0 unspecified atom stereocenters. The third kappa shape index (κ3) is 4.02. The van der Waals surface area contributed by atoms with Gasteiger partial charge in [0.05, 0.1) is 11.4 Å². The molecule has 0 atom stereocenters. The van der Waals surface area contributed by atoms with Gasteiger partial charge in [0.1, 0.15) is 0 Å². The van der Waals surface area contributed by atoms with Crippen molar-refractivity contribution in [3.63, 3.8) is 0 Å². The van der Waals surface area contributed by atoms with Gasteiger partial charge in [-0.25, -0.2) is 0 Å². The Bertz CT molecular complexity index is 822. The molecular formula is C24H29N3O. The Morgan fingerprint density at radius 1 is 0.714 bits per heavy atom. The van der Waals surface area contributed by atoms with Crippen LogP contribution in [0.25, 0.3) is 11.4 Å². The van der Waals surface area contributed by atoms with Crippen LogP contribution in [0.4, 0.5) is 0 Å². The van der Waals surface area contributed by atoms with Gasteiger partial charge in [-0.15, -0.1) is 0 Å². The standard InChI is InChI=1S/C24H29N3O/c1-25(2)22(18-12-8-6-9-13-18)20-16-27(5)17-21(24(20)28)23(26(3)4)19-14-10-7-11-15-19/h6-15H,16-17H2,1-5H3. The molecule has 2 aromatic rings. The topological polar surface area (TPSA) is 26.8 Å². The molecule has 1 heterocycles. The molecule has 146 valence electrons. The van der Waals surface area contributed by atoms with Gasteiger partial charge in [0, 0.05) is 52.4 Å². The highest BCUT2D eigenvalue weighted by molar-refractivity contribution is 6.17. The highest BCUT2D eigenvalue weighted by Crippen LogP contribution is 2.31. The summed E-state index contributed by atoms with van der Waals surface area (Å²) in [4.78, 5) is 20.0. The number of likely N-dealkylation sites (N-methyl/N-ethyl adjacent to an activating group) is 1. The Hall–Kier alpha value is -2.85. The Labute approximate surface area is 168 Å². The van der Waals surface area contributed by atoms with Gasteiger partial charge in [-0.3, -0.25) is 9.69 Å². The van der Waals surface area contributed by atoms with E-state index in [4.69, 9.17) is 0 Å². The predicted molar refractivity (Wildman–Crippen MR) is 117 cm³/mol. The van der Waals surface area contributed by atoms with Crippen LogP contribution in [0.15, 0.2) is 71.8 Å². The fourth-order valence-electron chi connectivity index (χ4n) is 3.88. The average molecular weight is 376 g/mol. The minimum absolute atomic E-state index is 0.137. The van der Waals surface area contributed by atoms with E-state index in [0.717, 1.165) is 33.7 Å². The molecule has 0 N–H and O–H groups in total. The van der Waals surface area contributed by atoms with Crippen LogP contribution >= 0.6 is 0 Å². The number of benzene rings is 2. The number of ketones is 1. The van der Waals surface area contributed by atoms with Crippen molar-refractivity contribution in [2.24, 2.45) is 0 Å². The fraction of sp³-hybridized carbons (Fsp3) is 0.292. The quantitative estimate of drug-likeness (QED) is 0.765. The third-order valence-electron chi connectivity index (χ3n) is 4.96. The van der Waals surface area contributed by atoms with E-state index in [2.05, 4.69) is 46.0 Å². The molecule has 4 nitrogen and oxygen atoms in total. The lowest BCUT2D eigenvalue weighted by Gasteiger charge is -2.33. The van der Waals surface area contributed by atoms with E-state index < -0.39 is 0 Å². The van der Waals surface area contributed by atoms with Crippen molar-refractivity contribution in [2.45, 2.75) is 0 Å². The first-order chi connectivity index (χ1) is 13.4. The summed E-state index contributed by atoms with van der Waals surface area (Å²) < 4.78 is 0. The van der Waals surface area contributed by atoms with E-state index in [1.807, 2.05) is 64.6 Å². The van der Waals surface area contributed by atoms with Crippen LogP contribution in [-0.2, 0) is 4.79 Å². The zero-order chi connectivity index (χ0) is 20.3. The summed E-state index contributed by atoms with van der Waals surface area (Å²) in [5.74, 6) is 0.137. The molecule has 3 rings (SSSR count). The van der Waals surface area contributed by atoms with Crippen LogP contribution in [0.5, 0.6) is 0 Å². The first-order valence-corrected chi connectivity index (χ1v) is 9.55. The van der Waals surface area contributed by atoms with Crippen molar-refractivity contribution in [1.29, 1.82) is 0 Å². The lowest BCUT2D eigenvalue weighted by Crippen LogP contribution is -2.38. The molecule has 1 aliphatic rings. The van der Waals surface area contributed by atoms with E-state index in [1.165, 1.54) is 0 Å². The Kier molecular flexibility index (Phi) is 6.00. The van der Waals surface area contributed by atoms with Crippen molar-refractivity contribution < 1.29 is 4.79 Å². The molecule has 1 saturated heterocycles. The Morgan fingerprint density at radius 3 is 1.39 bits per heavy atom. The number of Topliss-reactive ketones (excluding diaryl/α,β-unsaturated/α-hetero) is 1. The number of rotatable bonds is 4. The van der Waals surface area contributed by atoms with Gasteiger partial charge < -0.3 is 9.80 Å². The minimum Gasteiger partial charge on any atom is -0.377 e. The summed E-state index contributed by atoms with van der Waals surface area (Å²) in [5.41, 5.74) is 5.79. The Morgan fingerprint density at radius 2 is 1.07 bits per heavy atom. The average Bonchev–Trinajstić information content (AvgIpc) is 2.66. The van der Waals surface area contributed by atoms with Crippen LogP contribution in [0.2, 0.25) is 0 Å². The molecule has 1 fully saturated rings. The number of hydrogen-bond acceptors (Lipinski definition) is 4. The van der Waals surface area contributed by atoms with Gasteiger partial charge in [-0.05, 0) is 18.2 Å². The number of piperidine rings is 1. The van der Waals surface area contributed by atoms with Crippen molar-refractivity contribution in [3.8, 4) is 0 Å². The highest BCUT2D eigenvalue weighted by atomic mass is 16.1. The maximum atomic E-state index is 13.7. The normalized spacial score (nSPS) is 18.7. The van der Waals surface area contributed by atoms with Crippen LogP contribution in [0, 0.1) is 0 Å². The van der Waals surface area contributed by atoms with E-state index in [-0.39, 0.29) is 5.78 Å². The summed E-state index contributed by atoms with van der Waals surface area (Å²) in [6.45, 7) is 1.28. The Balaban J connectivity index is 2.22. The molecule has 1 aliphatic heterocycles. The molecular weight excluding hydrogens is 346 g/mol. The van der Waals surface area contributed by atoms with Crippen molar-refractivity contribution in [3.05, 3.63) is 82.9 Å². The zero-order valence-electron chi connectivity index (χ0n) is 17.4. The number of carbonyl (C=O) groups excluding carboxylic acids is 1. The van der Waals surface area contributed by atoms with Crippen LogP contribution < -0.4 is 0 Å². The van der Waals surface area contributed by atoms with Crippen molar-refractivity contribution >= 4 is 17.2 Å². The summed E-state index contributed by atoms with van der Waals surface area (Å²) in [6.07, 6.45) is 0. The van der Waals surface area contributed by atoms with Crippen LogP contribution in [-0.4, -0.2) is 68.8 Å². The number of nitrogens with zero attached hydrogens (tertiary/aromatic N) is 3. The van der Waals surface area contributed by atoms with Gasteiger partial charge >= 0.3 is 0 Å². The molecule has 0 bridgehead atoms. The molecule has 0 saturated carbocycles. The van der Waals surface area contributed by atoms with E-state index in [9.17, 15) is 4.79 Å². The SMILES string of the molecule is CN1CC(=C(c2ccccc2)N(C)C)C(=O)C(=C(c2ccccc2)N(C)C)C1. The first-order valence-electron chi connectivity index (χ1n) is 9.55. The van der Waals surface area contributed by atoms with Crippen LogP contribution in [0.1, 0.15) is 11.1 Å². The number of hydrogen-bond donors (Lipinski definition) is 0. The van der Waals surface area contributed by atoms with Gasteiger partial charge in [-0.1, -0.05) is 60.7 Å². The maximum absolute atomic E-state index is 13.7. The molecule has 0 aromatic heterocycles. The second-order valence-electron chi connectivity index (χ2n) is 7.68. The van der Waals surface area contributed by atoms with E-state index in [0.29, 0.717) is 13.1 Å². The van der Waals surface area contributed by atoms with Crippen molar-refractivity contribution in [2.75, 3.05) is 48.3 Å². The largest absolute Gasteiger partial charge is 0.377 e. The maximum Gasteiger partial charge on any atom is 0.191 e. The van der Waals surface area contributed by atoms with E-state index >= 15 is 0 Å². The number of carbonyl (C=O) groups is 1. The third-order valence-corrected chi connectivity index (χ3v) is 4.96. The molecule has 0 aliphatic carbocycles. The summed E-state index contributed by atoms with van der Waals surface area (Å²) in [6, 6.07) is 20.3. The second-order valence-corrected chi connectivity index (χ2v) is 7.68. The smallest absolute Gasteiger partial charge is 0.191 e. The lowest BCUT2D eigenvalue weighted by molar-refractivity contribution is -0.113. The predicted octanol–water partition coefficient (Wildman–Crippen LogP) is 3.45. The summed E-state index contributed by atoms with van der Waals surface area (Å²) in [7, 11) is 10.1. The highest BCUT2D eigenvalue weighted by Gasteiger charge is 2.31. The summed E-state index contributed by atoms with van der Waals surface area (Å²) in [5, 5.41) is 0. The molecule has 0 amide bonds. The fourth-order valence-corrected chi connectivity index (χ4v) is 3.88. The monoisotopic (exact) mass is 375 g/mol.